The first-order valence-corrected chi connectivity index (χ1v) is 8.82. The Morgan fingerprint density at radius 1 is 1.20 bits per heavy atom. The second-order valence-corrected chi connectivity index (χ2v) is 6.90. The number of nitrogens with zero attached hydrogens (tertiary/aromatic N) is 3. The normalized spacial score (nSPS) is 19.5. The second-order valence-electron chi connectivity index (χ2n) is 6.90. The Labute approximate surface area is 145 Å². The van der Waals surface area contributed by atoms with Crippen molar-refractivity contribution in [3.63, 3.8) is 0 Å². The van der Waals surface area contributed by atoms with Crippen molar-refractivity contribution < 1.29 is 14.0 Å². The Kier molecular flexibility index (Phi) is 3.94. The number of hydrogen-bond donors (Lipinski definition) is 1. The van der Waals surface area contributed by atoms with Crippen molar-refractivity contribution in [1.29, 1.82) is 0 Å². The number of nitrogens with one attached hydrogen (secondary N) is 1. The molecule has 0 bridgehead atoms. The third-order valence-corrected chi connectivity index (χ3v) is 5.31. The number of urea groups is 1. The van der Waals surface area contributed by atoms with Crippen LogP contribution < -0.4 is 10.2 Å². The molecule has 2 aliphatic rings. The van der Waals surface area contributed by atoms with E-state index in [9.17, 15) is 9.59 Å². The lowest BCUT2D eigenvalue weighted by Gasteiger charge is -2.25. The molecule has 1 aromatic heterocycles. The van der Waals surface area contributed by atoms with Gasteiger partial charge in [0, 0.05) is 25.4 Å². The van der Waals surface area contributed by atoms with Gasteiger partial charge in [-0.05, 0) is 30.4 Å². The van der Waals surface area contributed by atoms with E-state index in [4.69, 9.17) is 0 Å². The van der Waals surface area contributed by atoms with E-state index in [2.05, 4.69) is 10.4 Å². The van der Waals surface area contributed by atoms with Crippen molar-refractivity contribution in [3.8, 4) is 0 Å². The van der Waals surface area contributed by atoms with Crippen LogP contribution in [0.15, 0.2) is 12.1 Å². The number of aryl methyl sites for hydroxylation is 1. The summed E-state index contributed by atoms with van der Waals surface area (Å²) in [4.78, 5) is 24.9. The minimum absolute atomic E-state index is 0.215. The van der Waals surface area contributed by atoms with Crippen molar-refractivity contribution in [1.82, 2.24) is 15.1 Å². The quantitative estimate of drug-likeness (QED) is 0.910. The summed E-state index contributed by atoms with van der Waals surface area (Å²) in [6.45, 7) is 0.253. The minimum Gasteiger partial charge on any atom is -0.278 e. The molecule has 0 unspecified atom stereocenters. The van der Waals surface area contributed by atoms with Gasteiger partial charge >= 0.3 is 6.03 Å². The topological polar surface area (TPSA) is 67.2 Å². The van der Waals surface area contributed by atoms with Crippen LogP contribution in [0, 0.1) is 5.82 Å². The van der Waals surface area contributed by atoms with Gasteiger partial charge in [0.05, 0.1) is 0 Å². The molecule has 1 aromatic carbocycles. The summed E-state index contributed by atoms with van der Waals surface area (Å²) in [6, 6.07) is 3.19. The number of amides is 3. The van der Waals surface area contributed by atoms with Crippen molar-refractivity contribution >= 4 is 28.7 Å². The van der Waals surface area contributed by atoms with E-state index in [1.807, 2.05) is 12.1 Å². The number of carbonyl (C=O) groups is 2. The van der Waals surface area contributed by atoms with Crippen LogP contribution in [0.5, 0.6) is 0 Å². The Hall–Kier alpha value is -2.44. The van der Waals surface area contributed by atoms with Crippen LogP contribution in [-0.4, -0.2) is 28.3 Å². The number of carbonyl (C=O) groups excluding carboxylic acids is 2. The Bertz CT molecular complexity index is 854. The summed E-state index contributed by atoms with van der Waals surface area (Å²) >= 11 is 0. The molecule has 1 saturated heterocycles. The molecule has 4 rings (SSSR count). The largest absolute Gasteiger partial charge is 0.329 e. The van der Waals surface area contributed by atoms with E-state index in [1.165, 1.54) is 16.0 Å². The third kappa shape index (κ3) is 2.67. The average Bonchev–Trinajstić information content (AvgIpc) is 2.93. The molecule has 1 aliphatic carbocycles. The number of halogens is 1. The van der Waals surface area contributed by atoms with Gasteiger partial charge in [-0.1, -0.05) is 25.3 Å². The lowest BCUT2D eigenvalue weighted by molar-refractivity contribution is -0.120. The van der Waals surface area contributed by atoms with Crippen LogP contribution in [0.2, 0.25) is 0 Å². The number of fused-ring (bicyclic) bond motifs is 1. The second kappa shape index (κ2) is 6.13. The maximum Gasteiger partial charge on any atom is 0.329 e. The Balaban J connectivity index is 1.77. The molecule has 0 spiro atoms. The first-order valence-electron chi connectivity index (χ1n) is 8.82. The molecule has 1 saturated carbocycles. The molecule has 3 amide bonds. The molecule has 2 fully saturated rings. The summed E-state index contributed by atoms with van der Waals surface area (Å²) in [5, 5.41) is 7.25. The fourth-order valence-corrected chi connectivity index (χ4v) is 4.02. The van der Waals surface area contributed by atoms with Crippen molar-refractivity contribution in [2.45, 2.75) is 44.4 Å². The molecule has 1 aliphatic heterocycles. The van der Waals surface area contributed by atoms with E-state index >= 15 is 4.39 Å². The first-order chi connectivity index (χ1) is 12.1. The zero-order valence-electron chi connectivity index (χ0n) is 14.2. The SMILES string of the molecule is Cn1nc(N2CCC(=O)NC2=O)c2ccc(C3CCCCC3)c(F)c21. The molecule has 0 atom stereocenters. The Morgan fingerprint density at radius 3 is 2.68 bits per heavy atom. The minimum atomic E-state index is -0.506. The van der Waals surface area contributed by atoms with Crippen LogP contribution in [0.3, 0.4) is 0 Å². The maximum atomic E-state index is 15.2. The molecule has 0 radical (unpaired) electrons. The van der Waals surface area contributed by atoms with Gasteiger partial charge in [-0.2, -0.15) is 5.10 Å². The molecule has 2 heterocycles. The number of benzene rings is 1. The monoisotopic (exact) mass is 344 g/mol. The third-order valence-electron chi connectivity index (χ3n) is 5.31. The Morgan fingerprint density at radius 2 is 1.96 bits per heavy atom. The molecule has 7 heteroatoms. The fraction of sp³-hybridized carbons (Fsp3) is 0.500. The molecule has 25 heavy (non-hydrogen) atoms. The molecule has 132 valence electrons. The summed E-state index contributed by atoms with van der Waals surface area (Å²) in [5.74, 6) is 0.121. The summed E-state index contributed by atoms with van der Waals surface area (Å²) in [7, 11) is 1.69. The van der Waals surface area contributed by atoms with Crippen LogP contribution in [0.25, 0.3) is 10.9 Å². The summed E-state index contributed by atoms with van der Waals surface area (Å²) in [6.07, 6.45) is 5.75. The highest BCUT2D eigenvalue weighted by Gasteiger charge is 2.30. The highest BCUT2D eigenvalue weighted by Crippen LogP contribution is 2.38. The fourth-order valence-electron chi connectivity index (χ4n) is 4.02. The number of anilines is 1. The molecular weight excluding hydrogens is 323 g/mol. The van der Waals surface area contributed by atoms with E-state index in [0.29, 0.717) is 16.7 Å². The smallest absolute Gasteiger partial charge is 0.278 e. The van der Waals surface area contributed by atoms with E-state index < -0.39 is 6.03 Å². The zero-order valence-corrected chi connectivity index (χ0v) is 14.2. The summed E-state index contributed by atoms with van der Waals surface area (Å²) in [5.41, 5.74) is 1.17. The predicted molar refractivity (Wildman–Crippen MR) is 92.0 cm³/mol. The van der Waals surface area contributed by atoms with E-state index in [0.717, 1.165) is 31.2 Å². The van der Waals surface area contributed by atoms with Gasteiger partial charge in [0.25, 0.3) is 0 Å². The average molecular weight is 344 g/mol. The molecule has 6 nitrogen and oxygen atoms in total. The molecule has 1 N–H and O–H groups in total. The van der Waals surface area contributed by atoms with Crippen LogP contribution >= 0.6 is 0 Å². The molecule has 2 aromatic rings. The van der Waals surface area contributed by atoms with Gasteiger partial charge in [0.1, 0.15) is 5.52 Å². The van der Waals surface area contributed by atoms with Crippen LogP contribution in [0.1, 0.15) is 50.0 Å². The first kappa shape index (κ1) is 16.1. The number of rotatable bonds is 2. The summed E-state index contributed by atoms with van der Waals surface area (Å²) < 4.78 is 16.7. The van der Waals surface area contributed by atoms with Crippen LogP contribution in [-0.2, 0) is 11.8 Å². The van der Waals surface area contributed by atoms with Gasteiger partial charge in [0.15, 0.2) is 11.6 Å². The number of imide groups is 1. The number of aromatic nitrogens is 2. The van der Waals surface area contributed by atoms with E-state index in [1.54, 1.807) is 7.05 Å². The van der Waals surface area contributed by atoms with Gasteiger partial charge < -0.3 is 0 Å². The van der Waals surface area contributed by atoms with Crippen molar-refractivity contribution in [2.75, 3.05) is 11.4 Å². The predicted octanol–water partition coefficient (Wildman–Crippen LogP) is 3.21. The van der Waals surface area contributed by atoms with Gasteiger partial charge in [-0.25, -0.2) is 9.18 Å². The zero-order chi connectivity index (χ0) is 17.6. The van der Waals surface area contributed by atoms with Gasteiger partial charge in [-0.3, -0.25) is 19.7 Å². The van der Waals surface area contributed by atoms with Crippen LogP contribution in [0.4, 0.5) is 15.0 Å². The number of hydrogen-bond acceptors (Lipinski definition) is 3. The molecular formula is C18H21FN4O2. The van der Waals surface area contributed by atoms with Gasteiger partial charge in [-0.15, -0.1) is 0 Å². The van der Waals surface area contributed by atoms with E-state index in [-0.39, 0.29) is 30.6 Å². The van der Waals surface area contributed by atoms with Crippen molar-refractivity contribution in [2.24, 2.45) is 7.05 Å². The van der Waals surface area contributed by atoms with Crippen molar-refractivity contribution in [3.05, 3.63) is 23.5 Å². The standard InChI is InChI=1S/C18H21FN4O2/c1-22-16-13(17(21-22)23-10-9-14(24)20-18(23)25)8-7-12(15(16)19)11-5-3-2-4-6-11/h7-8,11H,2-6,9-10H2,1H3,(H,20,24,25). The lowest BCUT2D eigenvalue weighted by atomic mass is 9.83. The highest BCUT2D eigenvalue weighted by atomic mass is 19.1. The van der Waals surface area contributed by atoms with Gasteiger partial charge in [0.2, 0.25) is 5.91 Å². The lowest BCUT2D eigenvalue weighted by Crippen LogP contribution is -2.49. The highest BCUT2D eigenvalue weighted by molar-refractivity contribution is 6.08. The maximum absolute atomic E-state index is 15.2.